The van der Waals surface area contributed by atoms with E-state index >= 15 is 0 Å². The first kappa shape index (κ1) is 11.4. The molecule has 2 rings (SSSR count). The molecule has 2 N–H and O–H groups in total. The number of rotatable bonds is 3. The average molecular weight is 227 g/mol. The zero-order valence-electron chi connectivity index (χ0n) is 9.26. The van der Waals surface area contributed by atoms with Crippen LogP contribution in [0.3, 0.4) is 0 Å². The Bertz CT molecular complexity index is 509. The maximum absolute atomic E-state index is 11.2. The molecule has 3 heteroatoms. The molecule has 1 amide bonds. The number of hydrogen-bond donors (Lipinski definition) is 2. The molecular formula is C14H13NO2. The van der Waals surface area contributed by atoms with Crippen LogP contribution in [-0.2, 0) is 11.2 Å². The van der Waals surface area contributed by atoms with Crippen molar-refractivity contribution in [2.45, 2.75) is 6.42 Å². The molecule has 0 aliphatic rings. The largest absolute Gasteiger partial charge is 0.289 e. The number of carbonyl (C=O) groups excluding carboxylic acids is 1. The van der Waals surface area contributed by atoms with Crippen molar-refractivity contribution in [1.29, 1.82) is 0 Å². The van der Waals surface area contributed by atoms with Gasteiger partial charge in [0, 0.05) is 0 Å². The summed E-state index contributed by atoms with van der Waals surface area (Å²) in [4.78, 5) is 11.2. The molecule has 0 atom stereocenters. The maximum Gasteiger partial charge on any atom is 0.247 e. The molecule has 0 aliphatic heterocycles. The zero-order valence-corrected chi connectivity index (χ0v) is 9.26. The maximum atomic E-state index is 11.2. The molecule has 0 saturated heterocycles. The molecule has 2 aromatic rings. The van der Waals surface area contributed by atoms with Crippen molar-refractivity contribution in [1.82, 2.24) is 5.48 Å². The summed E-state index contributed by atoms with van der Waals surface area (Å²) < 4.78 is 0. The number of carbonyl (C=O) groups is 1. The van der Waals surface area contributed by atoms with Gasteiger partial charge in [0.25, 0.3) is 0 Å². The summed E-state index contributed by atoms with van der Waals surface area (Å²) >= 11 is 0. The fourth-order valence-corrected chi connectivity index (χ4v) is 1.79. The highest BCUT2D eigenvalue weighted by atomic mass is 16.5. The van der Waals surface area contributed by atoms with Gasteiger partial charge in [-0.25, -0.2) is 5.48 Å². The predicted octanol–water partition coefficient (Wildman–Crippen LogP) is 2.40. The Balaban J connectivity index is 2.38. The van der Waals surface area contributed by atoms with E-state index in [4.69, 9.17) is 5.21 Å². The van der Waals surface area contributed by atoms with Crippen LogP contribution in [0.5, 0.6) is 0 Å². The smallest absolute Gasteiger partial charge is 0.247 e. The van der Waals surface area contributed by atoms with E-state index in [1.165, 1.54) is 0 Å². The van der Waals surface area contributed by atoms with Crippen LogP contribution in [-0.4, -0.2) is 11.1 Å². The number of hydrogen-bond acceptors (Lipinski definition) is 2. The first-order valence-electron chi connectivity index (χ1n) is 5.37. The Morgan fingerprint density at radius 2 is 1.65 bits per heavy atom. The third-order valence-corrected chi connectivity index (χ3v) is 2.58. The van der Waals surface area contributed by atoms with Crippen molar-refractivity contribution in [3.63, 3.8) is 0 Å². The van der Waals surface area contributed by atoms with Gasteiger partial charge in [-0.05, 0) is 16.7 Å². The lowest BCUT2D eigenvalue weighted by atomic mass is 9.98. The highest BCUT2D eigenvalue weighted by Crippen LogP contribution is 2.23. The van der Waals surface area contributed by atoms with Crippen molar-refractivity contribution in [3.8, 4) is 11.1 Å². The molecule has 0 radical (unpaired) electrons. The Morgan fingerprint density at radius 3 is 2.35 bits per heavy atom. The van der Waals surface area contributed by atoms with Gasteiger partial charge in [-0.15, -0.1) is 0 Å². The van der Waals surface area contributed by atoms with Crippen molar-refractivity contribution < 1.29 is 10.0 Å². The van der Waals surface area contributed by atoms with Crippen LogP contribution in [0.4, 0.5) is 0 Å². The summed E-state index contributed by atoms with van der Waals surface area (Å²) in [5.74, 6) is -0.409. The van der Waals surface area contributed by atoms with Gasteiger partial charge in [0.15, 0.2) is 0 Å². The molecule has 3 nitrogen and oxygen atoms in total. The molecule has 0 aliphatic carbocycles. The van der Waals surface area contributed by atoms with Crippen molar-refractivity contribution in [2.24, 2.45) is 0 Å². The third kappa shape index (κ3) is 2.71. The van der Waals surface area contributed by atoms with Crippen molar-refractivity contribution in [2.75, 3.05) is 0 Å². The predicted molar refractivity (Wildman–Crippen MR) is 65.5 cm³/mol. The van der Waals surface area contributed by atoms with Crippen molar-refractivity contribution in [3.05, 3.63) is 60.2 Å². The lowest BCUT2D eigenvalue weighted by Crippen LogP contribution is -2.20. The molecule has 0 spiro atoms. The molecule has 0 bridgehead atoms. The fourth-order valence-electron chi connectivity index (χ4n) is 1.79. The lowest BCUT2D eigenvalue weighted by Gasteiger charge is -2.08. The fraction of sp³-hybridized carbons (Fsp3) is 0.0714. The summed E-state index contributed by atoms with van der Waals surface area (Å²) in [6, 6.07) is 17.5. The van der Waals surface area contributed by atoms with Crippen LogP contribution in [0.1, 0.15) is 5.56 Å². The van der Waals surface area contributed by atoms with Crippen LogP contribution < -0.4 is 5.48 Å². The van der Waals surface area contributed by atoms with E-state index in [1.54, 1.807) is 5.48 Å². The Morgan fingerprint density at radius 1 is 1.00 bits per heavy atom. The van der Waals surface area contributed by atoms with E-state index in [0.29, 0.717) is 0 Å². The first-order valence-corrected chi connectivity index (χ1v) is 5.37. The molecule has 0 saturated carbocycles. The SMILES string of the molecule is O=C(Cc1ccccc1-c1ccccc1)NO. The normalized spacial score (nSPS) is 9.94. The highest BCUT2D eigenvalue weighted by Gasteiger charge is 2.07. The Hall–Kier alpha value is -2.13. The van der Waals surface area contributed by atoms with Gasteiger partial charge in [0.1, 0.15) is 0 Å². The summed E-state index contributed by atoms with van der Waals surface area (Å²) in [6.45, 7) is 0. The second kappa shape index (κ2) is 5.27. The van der Waals surface area contributed by atoms with E-state index in [0.717, 1.165) is 16.7 Å². The monoisotopic (exact) mass is 227 g/mol. The number of nitrogens with one attached hydrogen (secondary N) is 1. The van der Waals surface area contributed by atoms with Crippen LogP contribution in [0, 0.1) is 0 Å². The molecule has 0 unspecified atom stereocenters. The number of benzene rings is 2. The average Bonchev–Trinajstić information content (AvgIpc) is 2.40. The first-order chi connectivity index (χ1) is 8.31. The van der Waals surface area contributed by atoms with Gasteiger partial charge in [-0.2, -0.15) is 0 Å². The Labute approximate surface area is 99.7 Å². The van der Waals surface area contributed by atoms with Crippen LogP contribution in [0.25, 0.3) is 11.1 Å². The van der Waals surface area contributed by atoms with E-state index < -0.39 is 5.91 Å². The van der Waals surface area contributed by atoms with Crippen molar-refractivity contribution >= 4 is 5.91 Å². The molecule has 0 fully saturated rings. The Kier molecular flexibility index (Phi) is 3.52. The molecule has 17 heavy (non-hydrogen) atoms. The summed E-state index contributed by atoms with van der Waals surface area (Å²) in [7, 11) is 0. The molecule has 0 aromatic heterocycles. The summed E-state index contributed by atoms with van der Waals surface area (Å²) in [6.07, 6.45) is 0.168. The second-order valence-electron chi connectivity index (χ2n) is 3.73. The lowest BCUT2D eigenvalue weighted by molar-refractivity contribution is -0.128. The molecular weight excluding hydrogens is 214 g/mol. The minimum Gasteiger partial charge on any atom is -0.289 e. The minimum absolute atomic E-state index is 0.168. The summed E-state index contributed by atoms with van der Waals surface area (Å²) in [5.41, 5.74) is 4.62. The minimum atomic E-state index is -0.409. The summed E-state index contributed by atoms with van der Waals surface area (Å²) in [5, 5.41) is 8.56. The van der Waals surface area contributed by atoms with Gasteiger partial charge in [-0.1, -0.05) is 54.6 Å². The highest BCUT2D eigenvalue weighted by molar-refractivity contribution is 5.81. The van der Waals surface area contributed by atoms with Gasteiger partial charge in [-0.3, -0.25) is 10.0 Å². The van der Waals surface area contributed by atoms with Gasteiger partial charge in [0.2, 0.25) is 5.91 Å². The van der Waals surface area contributed by atoms with E-state index in [2.05, 4.69) is 0 Å². The molecule has 86 valence electrons. The zero-order chi connectivity index (χ0) is 12.1. The third-order valence-electron chi connectivity index (χ3n) is 2.58. The van der Waals surface area contributed by atoms with E-state index in [-0.39, 0.29) is 6.42 Å². The number of hydroxylamine groups is 1. The standard InChI is InChI=1S/C14H13NO2/c16-14(15-17)10-12-8-4-5-9-13(12)11-6-2-1-3-7-11/h1-9,17H,10H2,(H,15,16). The van der Waals surface area contributed by atoms with Gasteiger partial charge in [0.05, 0.1) is 6.42 Å². The van der Waals surface area contributed by atoms with Crippen LogP contribution in [0.2, 0.25) is 0 Å². The topological polar surface area (TPSA) is 49.3 Å². The molecule has 0 heterocycles. The quantitative estimate of drug-likeness (QED) is 0.625. The number of amides is 1. The van der Waals surface area contributed by atoms with Gasteiger partial charge < -0.3 is 0 Å². The van der Waals surface area contributed by atoms with Crippen LogP contribution in [0.15, 0.2) is 54.6 Å². The second-order valence-corrected chi connectivity index (χ2v) is 3.73. The van der Waals surface area contributed by atoms with Crippen LogP contribution >= 0.6 is 0 Å². The van der Waals surface area contributed by atoms with E-state index in [1.807, 2.05) is 54.6 Å². The molecule has 2 aromatic carbocycles. The van der Waals surface area contributed by atoms with E-state index in [9.17, 15) is 4.79 Å². The van der Waals surface area contributed by atoms with Gasteiger partial charge >= 0.3 is 0 Å².